The number of carbonyl (C=O) groups is 1. The molecule has 17 heavy (non-hydrogen) atoms. The van der Waals surface area contributed by atoms with Gasteiger partial charge in [0.1, 0.15) is 0 Å². The highest BCUT2D eigenvalue weighted by atomic mass is 16.4. The lowest BCUT2D eigenvalue weighted by atomic mass is 10.2. The summed E-state index contributed by atoms with van der Waals surface area (Å²) < 4.78 is 1.04. The molecule has 0 radical (unpaired) electrons. The Kier molecular flexibility index (Phi) is 1.73. The Morgan fingerprint density at radius 3 is 2.94 bits per heavy atom. The van der Waals surface area contributed by atoms with E-state index in [1.807, 2.05) is 0 Å². The first kappa shape index (κ1) is 9.46. The van der Waals surface area contributed by atoms with Crippen molar-refractivity contribution in [1.29, 1.82) is 0 Å². The molecule has 8 heteroatoms. The van der Waals surface area contributed by atoms with Gasteiger partial charge in [-0.15, -0.1) is 10.2 Å². The minimum atomic E-state index is -1.27. The molecule has 2 N–H and O–H groups in total. The Balaban J connectivity index is 2.59. The number of fused-ring (bicyclic) bond motifs is 3. The molecule has 0 saturated carbocycles. The third kappa shape index (κ3) is 1.20. The highest BCUT2D eigenvalue weighted by Gasteiger charge is 2.16. The second-order valence-electron chi connectivity index (χ2n) is 3.35. The van der Waals surface area contributed by atoms with Gasteiger partial charge in [0.05, 0.1) is 10.8 Å². The number of aromatic amines is 1. The molecule has 8 nitrogen and oxygen atoms in total. The summed E-state index contributed by atoms with van der Waals surface area (Å²) in [5, 5.41) is 19.3. The van der Waals surface area contributed by atoms with Gasteiger partial charge in [-0.2, -0.15) is 0 Å². The zero-order valence-corrected chi connectivity index (χ0v) is 8.28. The summed E-state index contributed by atoms with van der Waals surface area (Å²) in [5.74, 6) is -1.61. The Hall–Kier alpha value is -2.77. The minimum Gasteiger partial charge on any atom is -0.475 e. The number of H-pyrrole nitrogens is 1. The van der Waals surface area contributed by atoms with Gasteiger partial charge in [0, 0.05) is 12.4 Å². The van der Waals surface area contributed by atoms with E-state index >= 15 is 0 Å². The maximum atomic E-state index is 11.7. The predicted molar refractivity (Wildman–Crippen MR) is 55.9 cm³/mol. The van der Waals surface area contributed by atoms with Gasteiger partial charge in [-0.3, -0.25) is 14.9 Å². The lowest BCUT2D eigenvalue weighted by Crippen LogP contribution is -2.15. The SMILES string of the molecule is O=C(O)c1nnc2c3cnccc3c(=O)[nH]n12. The molecule has 0 aliphatic rings. The van der Waals surface area contributed by atoms with Crippen LogP contribution in [-0.2, 0) is 0 Å². The van der Waals surface area contributed by atoms with Crippen LogP contribution in [0.1, 0.15) is 10.6 Å². The van der Waals surface area contributed by atoms with Crippen molar-refractivity contribution in [3.05, 3.63) is 34.6 Å². The highest BCUT2D eigenvalue weighted by Crippen LogP contribution is 2.12. The normalized spacial score (nSPS) is 11.1. The standard InChI is InChI=1S/C9H5N5O3/c15-8-4-1-2-10-3-5(4)6-11-12-7(9(16)17)14(6)13-8/h1-3H,(H,13,15)(H,16,17). The van der Waals surface area contributed by atoms with Crippen molar-refractivity contribution in [2.24, 2.45) is 0 Å². The van der Waals surface area contributed by atoms with Gasteiger partial charge < -0.3 is 5.11 Å². The number of carboxylic acid groups (broad SMARTS) is 1. The zero-order valence-electron chi connectivity index (χ0n) is 8.28. The van der Waals surface area contributed by atoms with Crippen LogP contribution in [-0.4, -0.2) is 35.9 Å². The van der Waals surface area contributed by atoms with Gasteiger partial charge >= 0.3 is 5.97 Å². The van der Waals surface area contributed by atoms with E-state index in [2.05, 4.69) is 20.3 Å². The maximum Gasteiger partial charge on any atom is 0.375 e. The average Bonchev–Trinajstić information content (AvgIpc) is 2.73. The molecule has 0 aliphatic heterocycles. The topological polar surface area (TPSA) is 113 Å². The molecule has 0 bridgehead atoms. The Morgan fingerprint density at radius 2 is 2.18 bits per heavy atom. The zero-order chi connectivity index (χ0) is 12.0. The van der Waals surface area contributed by atoms with Gasteiger partial charge in [0.15, 0.2) is 5.65 Å². The molecule has 0 unspecified atom stereocenters. The number of hydrogen-bond acceptors (Lipinski definition) is 5. The number of rotatable bonds is 1. The molecule has 0 saturated heterocycles. The van der Waals surface area contributed by atoms with E-state index in [1.165, 1.54) is 18.5 Å². The lowest BCUT2D eigenvalue weighted by molar-refractivity contribution is 0.0680. The van der Waals surface area contributed by atoms with Crippen molar-refractivity contribution < 1.29 is 9.90 Å². The van der Waals surface area contributed by atoms with Gasteiger partial charge in [0.25, 0.3) is 11.4 Å². The first-order chi connectivity index (χ1) is 8.18. The number of carboxylic acids is 1. The summed E-state index contributed by atoms with van der Waals surface area (Å²) in [6, 6.07) is 1.53. The van der Waals surface area contributed by atoms with Gasteiger partial charge in [-0.05, 0) is 6.07 Å². The van der Waals surface area contributed by atoms with Crippen LogP contribution >= 0.6 is 0 Å². The Labute approximate surface area is 92.5 Å². The van der Waals surface area contributed by atoms with Crippen molar-refractivity contribution in [2.75, 3.05) is 0 Å². The molecular formula is C9H5N5O3. The fourth-order valence-electron chi connectivity index (χ4n) is 1.64. The van der Waals surface area contributed by atoms with Crippen LogP contribution in [0.4, 0.5) is 0 Å². The quantitative estimate of drug-likeness (QED) is 0.592. The largest absolute Gasteiger partial charge is 0.475 e. The van der Waals surface area contributed by atoms with Crippen LogP contribution in [0.5, 0.6) is 0 Å². The molecule has 84 valence electrons. The smallest absolute Gasteiger partial charge is 0.375 e. The van der Waals surface area contributed by atoms with E-state index in [0.29, 0.717) is 10.8 Å². The number of aromatic carboxylic acids is 1. The van der Waals surface area contributed by atoms with E-state index in [0.717, 1.165) is 4.52 Å². The third-order valence-corrected chi connectivity index (χ3v) is 2.37. The number of hydrogen-bond donors (Lipinski definition) is 2. The van der Waals surface area contributed by atoms with E-state index in [9.17, 15) is 9.59 Å². The fraction of sp³-hybridized carbons (Fsp3) is 0. The molecular weight excluding hydrogens is 226 g/mol. The molecule has 0 atom stereocenters. The molecule has 3 aromatic heterocycles. The minimum absolute atomic E-state index is 0.255. The number of pyridine rings is 1. The average molecular weight is 231 g/mol. The van der Waals surface area contributed by atoms with E-state index < -0.39 is 11.5 Å². The first-order valence-electron chi connectivity index (χ1n) is 4.63. The predicted octanol–water partition coefficient (Wildman–Crippen LogP) is -0.336. The molecule has 0 spiro atoms. The fourth-order valence-corrected chi connectivity index (χ4v) is 1.64. The van der Waals surface area contributed by atoms with Crippen LogP contribution in [0, 0.1) is 0 Å². The van der Waals surface area contributed by atoms with Gasteiger partial charge in [0.2, 0.25) is 0 Å². The third-order valence-electron chi connectivity index (χ3n) is 2.37. The van der Waals surface area contributed by atoms with Crippen LogP contribution in [0.3, 0.4) is 0 Å². The first-order valence-corrected chi connectivity index (χ1v) is 4.63. The highest BCUT2D eigenvalue weighted by molar-refractivity contribution is 5.94. The Morgan fingerprint density at radius 1 is 1.35 bits per heavy atom. The molecule has 3 heterocycles. The van der Waals surface area contributed by atoms with Crippen molar-refractivity contribution in [1.82, 2.24) is 24.8 Å². The molecule has 3 aromatic rings. The van der Waals surface area contributed by atoms with Crippen molar-refractivity contribution in [3.63, 3.8) is 0 Å². The molecule has 0 aromatic carbocycles. The summed E-state index contributed by atoms with van der Waals surface area (Å²) in [4.78, 5) is 26.5. The number of nitrogens with zero attached hydrogens (tertiary/aromatic N) is 4. The van der Waals surface area contributed by atoms with Crippen molar-refractivity contribution in [3.8, 4) is 0 Å². The summed E-state index contributed by atoms with van der Waals surface area (Å²) >= 11 is 0. The van der Waals surface area contributed by atoms with E-state index in [4.69, 9.17) is 5.11 Å². The van der Waals surface area contributed by atoms with Crippen molar-refractivity contribution in [2.45, 2.75) is 0 Å². The molecule has 0 aliphatic carbocycles. The lowest BCUT2D eigenvalue weighted by Gasteiger charge is -1.98. The van der Waals surface area contributed by atoms with Crippen LogP contribution in [0.15, 0.2) is 23.3 Å². The molecule has 3 rings (SSSR count). The van der Waals surface area contributed by atoms with E-state index in [1.54, 1.807) is 0 Å². The summed E-state index contributed by atoms with van der Waals surface area (Å²) in [6.07, 6.45) is 2.92. The van der Waals surface area contributed by atoms with Crippen LogP contribution in [0.25, 0.3) is 16.4 Å². The summed E-state index contributed by atoms with van der Waals surface area (Å²) in [7, 11) is 0. The van der Waals surface area contributed by atoms with Crippen LogP contribution < -0.4 is 5.56 Å². The number of nitrogens with one attached hydrogen (secondary N) is 1. The molecule has 0 fully saturated rings. The van der Waals surface area contributed by atoms with E-state index in [-0.39, 0.29) is 11.5 Å². The van der Waals surface area contributed by atoms with Crippen molar-refractivity contribution >= 4 is 22.4 Å². The second kappa shape index (κ2) is 3.11. The van der Waals surface area contributed by atoms with Gasteiger partial charge in [-0.25, -0.2) is 9.31 Å². The summed E-state index contributed by atoms with van der Waals surface area (Å²) in [5.41, 5.74) is -0.165. The summed E-state index contributed by atoms with van der Waals surface area (Å²) in [6.45, 7) is 0. The van der Waals surface area contributed by atoms with Crippen LogP contribution in [0.2, 0.25) is 0 Å². The number of aromatic nitrogens is 5. The monoisotopic (exact) mass is 231 g/mol. The van der Waals surface area contributed by atoms with Gasteiger partial charge in [-0.1, -0.05) is 0 Å². The Bertz CT molecular complexity index is 803. The maximum absolute atomic E-state index is 11.7. The second-order valence-corrected chi connectivity index (χ2v) is 3.35. The molecule has 0 amide bonds.